The number of rotatable bonds is 11. The summed E-state index contributed by atoms with van der Waals surface area (Å²) < 4.78 is 16.4. The summed E-state index contributed by atoms with van der Waals surface area (Å²) >= 11 is 0. The van der Waals surface area contributed by atoms with E-state index in [2.05, 4.69) is 19.9 Å². The van der Waals surface area contributed by atoms with E-state index >= 15 is 0 Å². The van der Waals surface area contributed by atoms with E-state index in [1.165, 1.54) is 0 Å². The normalized spacial score (nSPS) is 12.6. The van der Waals surface area contributed by atoms with Gasteiger partial charge in [0, 0.05) is 0 Å². The van der Waals surface area contributed by atoms with Crippen LogP contribution >= 0.6 is 0 Å². The van der Waals surface area contributed by atoms with Crippen LogP contribution < -0.4 is 4.74 Å². The fourth-order valence-electron chi connectivity index (χ4n) is 3.53. The molecule has 0 aliphatic heterocycles. The van der Waals surface area contributed by atoms with E-state index in [4.69, 9.17) is 18.9 Å². The average molecular weight is 404 g/mol. The smallest absolute Gasteiger partial charge is 0.344 e. The highest BCUT2D eigenvalue weighted by Gasteiger charge is 2.36. The van der Waals surface area contributed by atoms with Gasteiger partial charge in [0.25, 0.3) is 0 Å². The lowest BCUT2D eigenvalue weighted by Gasteiger charge is -2.29. The van der Waals surface area contributed by atoms with Gasteiger partial charge in [0.05, 0.1) is 23.8 Å². The summed E-state index contributed by atoms with van der Waals surface area (Å²) in [6.45, 7) is 10.00. The molecule has 160 valence electrons. The number of esters is 1. The fourth-order valence-corrected chi connectivity index (χ4v) is 3.53. The van der Waals surface area contributed by atoms with Gasteiger partial charge in [-0.25, -0.2) is 9.78 Å². The molecule has 0 aliphatic carbocycles. The van der Waals surface area contributed by atoms with Gasteiger partial charge in [0.1, 0.15) is 12.0 Å². The van der Waals surface area contributed by atoms with E-state index in [0.717, 1.165) is 29.7 Å². The summed E-state index contributed by atoms with van der Waals surface area (Å²) in [5, 5.41) is 9.52. The second-order valence-corrected chi connectivity index (χ2v) is 7.39. The number of ether oxygens (including phenoxy) is 2. The second-order valence-electron chi connectivity index (χ2n) is 7.39. The summed E-state index contributed by atoms with van der Waals surface area (Å²) in [4.78, 5) is 16.3. The van der Waals surface area contributed by atoms with E-state index in [-0.39, 0.29) is 24.1 Å². The molecule has 6 heteroatoms. The third kappa shape index (κ3) is 5.60. The predicted molar refractivity (Wildman–Crippen MR) is 111 cm³/mol. The number of nitrogens with zero attached hydrogens (tertiary/aromatic N) is 1. The van der Waals surface area contributed by atoms with Crippen molar-refractivity contribution in [2.45, 2.75) is 71.8 Å². The number of oxazole rings is 1. The number of carbonyl (C=O) groups excluding carboxylic acids is 1. The first-order chi connectivity index (χ1) is 13.9. The molecule has 29 heavy (non-hydrogen) atoms. The number of aromatic nitrogens is 1. The van der Waals surface area contributed by atoms with Crippen LogP contribution in [0.4, 0.5) is 0 Å². The minimum atomic E-state index is -0.378. The minimum Gasteiger partial charge on any atom is -0.482 e. The Morgan fingerprint density at radius 1 is 1.28 bits per heavy atom. The molecule has 0 aliphatic rings. The van der Waals surface area contributed by atoms with Crippen LogP contribution in [0.3, 0.4) is 0 Å². The maximum absolute atomic E-state index is 11.5. The van der Waals surface area contributed by atoms with Crippen LogP contribution in [0.5, 0.6) is 5.75 Å². The van der Waals surface area contributed by atoms with Crippen molar-refractivity contribution in [3.05, 3.63) is 47.2 Å². The molecular formula is C23H33NO5. The van der Waals surface area contributed by atoms with Gasteiger partial charge in [-0.3, -0.25) is 0 Å². The van der Waals surface area contributed by atoms with Crippen LogP contribution in [0.15, 0.2) is 28.9 Å². The Kier molecular flexibility index (Phi) is 8.26. The van der Waals surface area contributed by atoms with Crippen molar-refractivity contribution in [2.24, 2.45) is 0 Å². The zero-order chi connectivity index (χ0) is 21.4. The Morgan fingerprint density at radius 2 is 2.00 bits per heavy atom. The molecule has 2 aromatic rings. The summed E-state index contributed by atoms with van der Waals surface area (Å²) in [6.07, 6.45) is 4.35. The van der Waals surface area contributed by atoms with Crippen molar-refractivity contribution in [1.29, 1.82) is 0 Å². The Morgan fingerprint density at radius 3 is 2.59 bits per heavy atom. The first-order valence-electron chi connectivity index (χ1n) is 10.4. The number of benzene rings is 1. The standard InChI is InChI=1S/C23H33NO5/c1-6-23(7-2,22-24-19(14-29-22)11-9-17(5)25)18-10-12-20(16(4)13-18)28-15-21(26)27-8-3/h10,12-14,17,25H,6-9,11,15H2,1-5H3. The molecule has 1 aromatic carbocycles. The van der Waals surface area contributed by atoms with Gasteiger partial charge in [-0.2, -0.15) is 0 Å². The van der Waals surface area contributed by atoms with E-state index in [1.807, 2.05) is 19.1 Å². The fraction of sp³-hybridized carbons (Fsp3) is 0.565. The highest BCUT2D eigenvalue weighted by atomic mass is 16.6. The second kappa shape index (κ2) is 10.4. The minimum absolute atomic E-state index is 0.104. The quantitative estimate of drug-likeness (QED) is 0.562. The molecule has 0 radical (unpaired) electrons. The number of aliphatic hydroxyl groups is 1. The molecule has 0 fully saturated rings. The van der Waals surface area contributed by atoms with Crippen LogP contribution in [0.2, 0.25) is 0 Å². The molecule has 6 nitrogen and oxygen atoms in total. The van der Waals surface area contributed by atoms with Gasteiger partial charge >= 0.3 is 5.97 Å². The average Bonchev–Trinajstić information content (AvgIpc) is 3.17. The zero-order valence-electron chi connectivity index (χ0n) is 18.2. The largest absolute Gasteiger partial charge is 0.482 e. The Hall–Kier alpha value is -2.34. The first-order valence-corrected chi connectivity index (χ1v) is 10.4. The van der Waals surface area contributed by atoms with Gasteiger partial charge in [-0.15, -0.1) is 0 Å². The van der Waals surface area contributed by atoms with Crippen molar-refractivity contribution in [3.63, 3.8) is 0 Å². The van der Waals surface area contributed by atoms with E-state index in [1.54, 1.807) is 20.1 Å². The van der Waals surface area contributed by atoms with Crippen molar-refractivity contribution in [3.8, 4) is 5.75 Å². The number of aliphatic hydroxyl groups excluding tert-OH is 1. The number of hydrogen-bond donors (Lipinski definition) is 1. The molecule has 0 saturated heterocycles. The molecule has 1 atom stereocenters. The molecule has 1 aromatic heterocycles. The molecule has 0 spiro atoms. The first kappa shape index (κ1) is 22.9. The van der Waals surface area contributed by atoms with Crippen molar-refractivity contribution in [2.75, 3.05) is 13.2 Å². The van der Waals surface area contributed by atoms with Crippen LogP contribution in [-0.2, 0) is 21.4 Å². The molecule has 0 bridgehead atoms. The van der Waals surface area contributed by atoms with Crippen LogP contribution in [-0.4, -0.2) is 35.4 Å². The summed E-state index contributed by atoms with van der Waals surface area (Å²) in [6, 6.07) is 5.98. The van der Waals surface area contributed by atoms with Crippen LogP contribution in [0.1, 0.15) is 69.7 Å². The number of hydrogen-bond acceptors (Lipinski definition) is 6. The highest BCUT2D eigenvalue weighted by Crippen LogP contribution is 2.40. The van der Waals surface area contributed by atoms with Gasteiger partial charge in [0.2, 0.25) is 5.89 Å². The monoisotopic (exact) mass is 403 g/mol. The van der Waals surface area contributed by atoms with Gasteiger partial charge < -0.3 is 19.0 Å². The SMILES string of the molecule is CCOC(=O)COc1ccc(C(CC)(CC)c2nc(CCC(C)O)co2)cc1C. The van der Waals surface area contributed by atoms with E-state index in [0.29, 0.717) is 31.1 Å². The third-order valence-electron chi connectivity index (χ3n) is 5.36. The number of aryl methyl sites for hydroxylation is 2. The molecule has 0 saturated carbocycles. The Labute approximate surface area is 173 Å². The topological polar surface area (TPSA) is 81.8 Å². The lowest BCUT2D eigenvalue weighted by Crippen LogP contribution is -2.27. The van der Waals surface area contributed by atoms with E-state index < -0.39 is 0 Å². The summed E-state index contributed by atoms with van der Waals surface area (Å²) in [7, 11) is 0. The van der Waals surface area contributed by atoms with Crippen molar-refractivity contribution >= 4 is 5.97 Å². The molecule has 1 heterocycles. The van der Waals surface area contributed by atoms with Crippen LogP contribution in [0.25, 0.3) is 0 Å². The Bertz CT molecular complexity index is 792. The third-order valence-corrected chi connectivity index (χ3v) is 5.36. The summed E-state index contributed by atoms with van der Waals surface area (Å²) in [5.41, 5.74) is 2.57. The maximum Gasteiger partial charge on any atom is 0.344 e. The van der Waals surface area contributed by atoms with Gasteiger partial charge in [-0.1, -0.05) is 26.0 Å². The molecule has 2 rings (SSSR count). The van der Waals surface area contributed by atoms with Crippen molar-refractivity contribution in [1.82, 2.24) is 4.98 Å². The highest BCUT2D eigenvalue weighted by molar-refractivity contribution is 5.71. The zero-order valence-corrected chi connectivity index (χ0v) is 18.2. The number of carbonyl (C=O) groups is 1. The predicted octanol–water partition coefficient (Wildman–Crippen LogP) is 4.34. The lowest BCUT2D eigenvalue weighted by atomic mass is 9.75. The molecule has 1 N–H and O–H groups in total. The molecule has 1 unspecified atom stereocenters. The van der Waals surface area contributed by atoms with Gasteiger partial charge in [0.15, 0.2) is 6.61 Å². The van der Waals surface area contributed by atoms with Crippen molar-refractivity contribution < 1.29 is 23.8 Å². The molecular weight excluding hydrogens is 370 g/mol. The van der Waals surface area contributed by atoms with Crippen LogP contribution in [0, 0.1) is 6.92 Å². The van der Waals surface area contributed by atoms with Gasteiger partial charge in [-0.05, 0) is 63.6 Å². The summed E-state index contributed by atoms with van der Waals surface area (Å²) in [5.74, 6) is 0.979. The molecule has 0 amide bonds. The van der Waals surface area contributed by atoms with E-state index in [9.17, 15) is 9.90 Å². The Balaban J connectivity index is 2.25. The lowest BCUT2D eigenvalue weighted by molar-refractivity contribution is -0.145. The maximum atomic E-state index is 11.5.